The third-order valence-electron chi connectivity index (χ3n) is 4.77. The largest absolute Gasteiger partial charge is 0.480 e. The van der Waals surface area contributed by atoms with Crippen LogP contribution in [0.25, 0.3) is 10.9 Å². The molecular weight excluding hydrogens is 434 g/mol. The van der Waals surface area contributed by atoms with E-state index in [0.717, 1.165) is 20.9 Å². The molecule has 4 rings (SSSR count). The second kappa shape index (κ2) is 7.46. The molecule has 1 aliphatic heterocycles. The van der Waals surface area contributed by atoms with E-state index in [-0.39, 0.29) is 0 Å². The van der Waals surface area contributed by atoms with E-state index in [0.29, 0.717) is 37.1 Å². The van der Waals surface area contributed by atoms with Crippen molar-refractivity contribution in [1.82, 2.24) is 19.9 Å². The second-order valence-electron chi connectivity index (χ2n) is 6.40. The minimum Gasteiger partial charge on any atom is -0.480 e. The molecule has 140 valence electrons. The molecule has 27 heavy (non-hydrogen) atoms. The van der Waals surface area contributed by atoms with Crippen molar-refractivity contribution in [3.05, 3.63) is 51.8 Å². The lowest BCUT2D eigenvalue weighted by Crippen LogP contribution is -2.49. The third kappa shape index (κ3) is 3.65. The number of aromatic nitrogens is 3. The first-order valence-corrected chi connectivity index (χ1v) is 9.66. The monoisotopic (exact) mass is 449 g/mol. The quantitative estimate of drug-likeness (QED) is 0.634. The number of carbonyl (C=O) groups is 1. The minimum atomic E-state index is -0.862. The van der Waals surface area contributed by atoms with Gasteiger partial charge in [0.2, 0.25) is 5.95 Å². The number of halogens is 2. The molecule has 1 fully saturated rings. The van der Waals surface area contributed by atoms with Crippen molar-refractivity contribution in [2.75, 3.05) is 31.1 Å². The summed E-state index contributed by atoms with van der Waals surface area (Å²) in [6.45, 7) is 2.55. The van der Waals surface area contributed by atoms with E-state index < -0.39 is 12.0 Å². The van der Waals surface area contributed by atoms with Gasteiger partial charge in [-0.3, -0.25) is 9.69 Å². The molecule has 1 unspecified atom stereocenters. The van der Waals surface area contributed by atoms with Crippen LogP contribution in [0.5, 0.6) is 0 Å². The van der Waals surface area contributed by atoms with Crippen LogP contribution >= 0.6 is 27.5 Å². The predicted molar refractivity (Wildman–Crippen MR) is 107 cm³/mol. The van der Waals surface area contributed by atoms with Gasteiger partial charge in [0.05, 0.1) is 4.47 Å². The van der Waals surface area contributed by atoms with Gasteiger partial charge in [0.15, 0.2) is 0 Å². The summed E-state index contributed by atoms with van der Waals surface area (Å²) in [5.41, 5.74) is 1.59. The highest BCUT2D eigenvalue weighted by atomic mass is 79.9. The number of nitrogens with one attached hydrogen (secondary N) is 1. The number of aromatic amines is 1. The number of hydrogen-bond acceptors (Lipinski definition) is 5. The average Bonchev–Trinajstić information content (AvgIpc) is 3.05. The third-order valence-corrected chi connectivity index (χ3v) is 5.42. The van der Waals surface area contributed by atoms with Crippen molar-refractivity contribution in [1.29, 1.82) is 0 Å². The summed E-state index contributed by atoms with van der Waals surface area (Å²) < 4.78 is 0.829. The van der Waals surface area contributed by atoms with Crippen LogP contribution in [-0.2, 0) is 4.79 Å². The lowest BCUT2D eigenvalue weighted by molar-refractivity contribution is -0.143. The highest BCUT2D eigenvalue weighted by molar-refractivity contribution is 9.10. The Balaban J connectivity index is 1.55. The standard InChI is InChI=1S/C18H17BrClN5O2/c19-11-8-22-18(23-9-11)25-5-3-24(4-6-25)16(17(26)27)14-10-21-15-7-12(20)1-2-13(14)15/h1-2,7-10,16,21H,3-6H2,(H,26,27). The van der Waals surface area contributed by atoms with Crippen molar-refractivity contribution in [2.24, 2.45) is 0 Å². The number of anilines is 1. The van der Waals surface area contributed by atoms with E-state index in [1.165, 1.54) is 0 Å². The van der Waals surface area contributed by atoms with Crippen LogP contribution in [0, 0.1) is 0 Å². The Hall–Kier alpha value is -2.16. The zero-order valence-corrected chi connectivity index (χ0v) is 16.6. The molecule has 2 aromatic heterocycles. The Morgan fingerprint density at radius 2 is 1.93 bits per heavy atom. The molecule has 1 atom stereocenters. The van der Waals surface area contributed by atoms with Gasteiger partial charge >= 0.3 is 5.97 Å². The lowest BCUT2D eigenvalue weighted by atomic mass is 10.0. The van der Waals surface area contributed by atoms with Crippen LogP contribution in [0.3, 0.4) is 0 Å². The Bertz CT molecular complexity index is 970. The van der Waals surface area contributed by atoms with Gasteiger partial charge in [0.25, 0.3) is 0 Å². The summed E-state index contributed by atoms with van der Waals surface area (Å²) in [6.07, 6.45) is 5.20. The van der Waals surface area contributed by atoms with Crippen LogP contribution in [0.2, 0.25) is 5.02 Å². The number of nitrogens with zero attached hydrogens (tertiary/aromatic N) is 4. The maximum absolute atomic E-state index is 12.1. The van der Waals surface area contributed by atoms with E-state index in [2.05, 4.69) is 35.8 Å². The van der Waals surface area contributed by atoms with E-state index in [9.17, 15) is 9.90 Å². The molecule has 3 heterocycles. The first kappa shape index (κ1) is 18.2. The molecule has 0 amide bonds. The van der Waals surface area contributed by atoms with Gasteiger partial charge in [-0.1, -0.05) is 17.7 Å². The molecule has 0 radical (unpaired) electrons. The number of hydrogen-bond donors (Lipinski definition) is 2. The fourth-order valence-electron chi connectivity index (χ4n) is 3.48. The van der Waals surface area contributed by atoms with E-state index in [1.807, 2.05) is 17.0 Å². The summed E-state index contributed by atoms with van der Waals surface area (Å²) in [5.74, 6) is -0.203. The number of piperazine rings is 1. The number of fused-ring (bicyclic) bond motifs is 1. The molecule has 2 N–H and O–H groups in total. The molecule has 1 aliphatic rings. The van der Waals surface area contributed by atoms with Gasteiger partial charge in [-0.2, -0.15) is 0 Å². The number of carboxylic acid groups (broad SMARTS) is 1. The summed E-state index contributed by atoms with van der Waals surface area (Å²) in [6, 6.07) is 4.74. The SMILES string of the molecule is O=C(O)C(c1c[nH]c2cc(Cl)ccc12)N1CCN(c2ncc(Br)cn2)CC1. The summed E-state index contributed by atoms with van der Waals surface area (Å²) in [5, 5.41) is 11.4. The van der Waals surface area contributed by atoms with Crippen molar-refractivity contribution >= 4 is 50.4 Å². The molecular formula is C18H17BrClN5O2. The van der Waals surface area contributed by atoms with Gasteiger partial charge in [-0.05, 0) is 28.1 Å². The number of aliphatic carboxylic acids is 1. The molecule has 9 heteroatoms. The molecule has 0 aliphatic carbocycles. The number of H-pyrrole nitrogens is 1. The molecule has 0 bridgehead atoms. The molecule has 3 aromatic rings. The van der Waals surface area contributed by atoms with Gasteiger partial charge in [0.1, 0.15) is 6.04 Å². The van der Waals surface area contributed by atoms with Crippen molar-refractivity contribution in [2.45, 2.75) is 6.04 Å². The normalized spacial score (nSPS) is 16.6. The zero-order chi connectivity index (χ0) is 19.0. The predicted octanol–water partition coefficient (Wildman–Crippen LogP) is 3.32. The second-order valence-corrected chi connectivity index (χ2v) is 7.75. The zero-order valence-electron chi connectivity index (χ0n) is 14.3. The van der Waals surface area contributed by atoms with Gasteiger partial charge < -0.3 is 15.0 Å². The Kier molecular flexibility index (Phi) is 5.03. The Labute approximate surface area is 169 Å². The van der Waals surface area contributed by atoms with Crippen LogP contribution in [0.15, 0.2) is 41.3 Å². The molecule has 1 saturated heterocycles. The van der Waals surface area contributed by atoms with Crippen LogP contribution in [0.4, 0.5) is 5.95 Å². The van der Waals surface area contributed by atoms with Crippen molar-refractivity contribution in [3.8, 4) is 0 Å². The first-order valence-electron chi connectivity index (χ1n) is 8.49. The smallest absolute Gasteiger partial charge is 0.325 e. The molecule has 0 spiro atoms. The van der Waals surface area contributed by atoms with Crippen LogP contribution < -0.4 is 4.90 Å². The highest BCUT2D eigenvalue weighted by Gasteiger charge is 2.32. The number of rotatable bonds is 4. The van der Waals surface area contributed by atoms with Gasteiger partial charge in [0, 0.05) is 66.3 Å². The Morgan fingerprint density at radius 1 is 1.22 bits per heavy atom. The molecule has 0 saturated carbocycles. The Morgan fingerprint density at radius 3 is 2.59 bits per heavy atom. The minimum absolute atomic E-state index is 0.608. The number of benzene rings is 1. The average molecular weight is 451 g/mol. The maximum atomic E-state index is 12.1. The van der Waals surface area contributed by atoms with Crippen LogP contribution in [-0.4, -0.2) is 57.1 Å². The van der Waals surface area contributed by atoms with Gasteiger partial charge in [-0.25, -0.2) is 9.97 Å². The summed E-state index contributed by atoms with van der Waals surface area (Å²) >= 11 is 9.37. The van der Waals surface area contributed by atoms with Crippen LogP contribution in [0.1, 0.15) is 11.6 Å². The van der Waals surface area contributed by atoms with E-state index in [4.69, 9.17) is 11.6 Å². The lowest BCUT2D eigenvalue weighted by Gasteiger charge is -2.37. The van der Waals surface area contributed by atoms with Crippen molar-refractivity contribution < 1.29 is 9.90 Å². The summed E-state index contributed by atoms with van der Waals surface area (Å²) in [7, 11) is 0. The highest BCUT2D eigenvalue weighted by Crippen LogP contribution is 2.31. The fourth-order valence-corrected chi connectivity index (χ4v) is 3.86. The van der Waals surface area contributed by atoms with E-state index in [1.54, 1.807) is 24.7 Å². The molecule has 1 aromatic carbocycles. The summed E-state index contributed by atoms with van der Waals surface area (Å²) in [4.78, 5) is 27.9. The van der Waals surface area contributed by atoms with Gasteiger partial charge in [-0.15, -0.1) is 0 Å². The topological polar surface area (TPSA) is 85.4 Å². The first-order chi connectivity index (χ1) is 13.0. The number of carboxylic acids is 1. The maximum Gasteiger partial charge on any atom is 0.325 e. The van der Waals surface area contributed by atoms with E-state index >= 15 is 0 Å². The molecule has 7 nitrogen and oxygen atoms in total. The van der Waals surface area contributed by atoms with Crippen molar-refractivity contribution in [3.63, 3.8) is 0 Å². The fraction of sp³-hybridized carbons (Fsp3) is 0.278.